The highest BCUT2D eigenvalue weighted by Gasteiger charge is 2.33. The SMILES string of the molecule is Nc1c(C(=O)OCc2ccc(F)cc2)ccc2c1C(=O)c1ccccc1C2=O. The monoisotopic (exact) mass is 375 g/mol. The maximum absolute atomic E-state index is 13.0. The summed E-state index contributed by atoms with van der Waals surface area (Å²) in [5.74, 6) is -1.85. The van der Waals surface area contributed by atoms with Crippen LogP contribution in [-0.2, 0) is 11.3 Å². The predicted molar refractivity (Wildman–Crippen MR) is 99.7 cm³/mol. The summed E-state index contributed by atoms with van der Waals surface area (Å²) in [6.07, 6.45) is 0. The van der Waals surface area contributed by atoms with Crippen molar-refractivity contribution in [1.29, 1.82) is 0 Å². The number of hydrogen-bond acceptors (Lipinski definition) is 5. The molecule has 3 aromatic carbocycles. The van der Waals surface area contributed by atoms with Crippen LogP contribution >= 0.6 is 0 Å². The average Bonchev–Trinajstić information content (AvgIpc) is 2.71. The molecule has 0 radical (unpaired) electrons. The lowest BCUT2D eigenvalue weighted by atomic mass is 9.82. The number of ether oxygens (including phenoxy) is 1. The van der Waals surface area contributed by atoms with E-state index in [0.717, 1.165) is 0 Å². The lowest BCUT2D eigenvalue weighted by molar-refractivity contribution is 0.0473. The molecular weight excluding hydrogens is 361 g/mol. The second-order valence-corrected chi connectivity index (χ2v) is 6.36. The zero-order chi connectivity index (χ0) is 19.8. The number of nitrogens with two attached hydrogens (primary N) is 1. The van der Waals surface area contributed by atoms with Crippen molar-refractivity contribution in [1.82, 2.24) is 0 Å². The van der Waals surface area contributed by atoms with Gasteiger partial charge >= 0.3 is 5.97 Å². The minimum atomic E-state index is -0.733. The number of ketones is 2. The predicted octanol–water partition coefficient (Wildman–Crippen LogP) is 3.54. The van der Waals surface area contributed by atoms with Crippen molar-refractivity contribution in [3.63, 3.8) is 0 Å². The Bertz CT molecular complexity index is 1140. The Morgan fingerprint density at radius 3 is 2.18 bits per heavy atom. The Labute approximate surface area is 159 Å². The number of anilines is 1. The van der Waals surface area contributed by atoms with Crippen LogP contribution < -0.4 is 5.73 Å². The fraction of sp³-hybridized carbons (Fsp3) is 0.0455. The van der Waals surface area contributed by atoms with E-state index in [1.165, 1.54) is 36.4 Å². The highest BCUT2D eigenvalue weighted by atomic mass is 19.1. The minimum absolute atomic E-state index is 0.00129. The van der Waals surface area contributed by atoms with E-state index in [1.54, 1.807) is 24.3 Å². The van der Waals surface area contributed by atoms with Gasteiger partial charge in [0.1, 0.15) is 12.4 Å². The number of benzene rings is 3. The molecule has 1 aliphatic carbocycles. The molecule has 0 amide bonds. The Hall–Kier alpha value is -3.80. The van der Waals surface area contributed by atoms with E-state index in [1.807, 2.05) is 0 Å². The quantitative estimate of drug-likeness (QED) is 0.437. The molecule has 0 bridgehead atoms. The van der Waals surface area contributed by atoms with Gasteiger partial charge in [0.25, 0.3) is 0 Å². The van der Waals surface area contributed by atoms with Crippen molar-refractivity contribution in [2.75, 3.05) is 5.73 Å². The van der Waals surface area contributed by atoms with E-state index in [0.29, 0.717) is 11.1 Å². The highest BCUT2D eigenvalue weighted by molar-refractivity contribution is 6.30. The second-order valence-electron chi connectivity index (χ2n) is 6.36. The highest BCUT2D eigenvalue weighted by Crippen LogP contribution is 2.33. The van der Waals surface area contributed by atoms with Crippen LogP contribution in [0.3, 0.4) is 0 Å². The lowest BCUT2D eigenvalue weighted by Gasteiger charge is -2.20. The average molecular weight is 375 g/mol. The maximum Gasteiger partial charge on any atom is 0.340 e. The molecule has 0 aliphatic heterocycles. The zero-order valence-electron chi connectivity index (χ0n) is 14.6. The number of esters is 1. The van der Waals surface area contributed by atoms with Crippen LogP contribution in [0.25, 0.3) is 0 Å². The molecule has 4 rings (SSSR count). The van der Waals surface area contributed by atoms with Gasteiger partial charge in [-0.1, -0.05) is 36.4 Å². The van der Waals surface area contributed by atoms with Gasteiger partial charge in [0.05, 0.1) is 16.8 Å². The first-order chi connectivity index (χ1) is 13.5. The number of nitrogen functional groups attached to an aromatic ring is 1. The Morgan fingerprint density at radius 1 is 0.857 bits per heavy atom. The molecule has 0 atom stereocenters. The molecule has 0 heterocycles. The number of rotatable bonds is 3. The van der Waals surface area contributed by atoms with Crippen LogP contribution in [0.5, 0.6) is 0 Å². The molecule has 0 aromatic heterocycles. The van der Waals surface area contributed by atoms with E-state index >= 15 is 0 Å². The summed E-state index contributed by atoms with van der Waals surface area (Å²) in [7, 11) is 0. The Balaban J connectivity index is 1.65. The van der Waals surface area contributed by atoms with E-state index in [2.05, 4.69) is 0 Å². The number of halogens is 1. The van der Waals surface area contributed by atoms with Gasteiger partial charge in [-0.2, -0.15) is 0 Å². The fourth-order valence-electron chi connectivity index (χ4n) is 3.20. The van der Waals surface area contributed by atoms with E-state index < -0.39 is 17.6 Å². The third kappa shape index (κ3) is 2.85. The summed E-state index contributed by atoms with van der Waals surface area (Å²) >= 11 is 0. The lowest BCUT2D eigenvalue weighted by Crippen LogP contribution is -2.24. The summed E-state index contributed by atoms with van der Waals surface area (Å²) in [5.41, 5.74) is 7.34. The van der Waals surface area contributed by atoms with Gasteiger partial charge in [-0.25, -0.2) is 9.18 Å². The van der Waals surface area contributed by atoms with E-state index in [9.17, 15) is 18.8 Å². The van der Waals surface area contributed by atoms with Crippen molar-refractivity contribution in [3.05, 3.63) is 99.9 Å². The number of carbonyl (C=O) groups is 3. The zero-order valence-corrected chi connectivity index (χ0v) is 14.6. The topological polar surface area (TPSA) is 86.5 Å². The van der Waals surface area contributed by atoms with Gasteiger partial charge in [-0.05, 0) is 29.8 Å². The molecule has 5 nitrogen and oxygen atoms in total. The fourth-order valence-corrected chi connectivity index (χ4v) is 3.20. The van der Waals surface area contributed by atoms with Gasteiger partial charge in [0.2, 0.25) is 0 Å². The first-order valence-corrected chi connectivity index (χ1v) is 8.50. The molecular formula is C22H14FNO4. The van der Waals surface area contributed by atoms with Gasteiger partial charge in [-0.3, -0.25) is 9.59 Å². The van der Waals surface area contributed by atoms with Crippen LogP contribution in [0.15, 0.2) is 60.7 Å². The first-order valence-electron chi connectivity index (χ1n) is 8.50. The molecule has 138 valence electrons. The number of hydrogen-bond donors (Lipinski definition) is 1. The molecule has 0 spiro atoms. The van der Waals surface area contributed by atoms with Crippen molar-refractivity contribution < 1.29 is 23.5 Å². The molecule has 0 saturated carbocycles. The van der Waals surface area contributed by atoms with Gasteiger partial charge < -0.3 is 10.5 Å². The van der Waals surface area contributed by atoms with Crippen LogP contribution in [0.1, 0.15) is 47.8 Å². The first kappa shape index (κ1) is 17.6. The summed E-state index contributed by atoms with van der Waals surface area (Å²) in [4.78, 5) is 38.0. The molecule has 0 fully saturated rings. The summed E-state index contributed by atoms with van der Waals surface area (Å²) < 4.78 is 18.2. The van der Waals surface area contributed by atoms with Crippen molar-refractivity contribution in [3.8, 4) is 0 Å². The molecule has 6 heteroatoms. The second kappa shape index (κ2) is 6.74. The molecule has 3 aromatic rings. The standard InChI is InChI=1S/C22H14FNO4/c23-13-7-5-12(6-8-13)11-28-22(27)17-10-9-16-18(19(17)24)21(26)15-4-2-1-3-14(15)20(16)25/h1-10H,11,24H2. The molecule has 1 aliphatic rings. The molecule has 0 saturated heterocycles. The summed E-state index contributed by atoms with van der Waals surface area (Å²) in [6.45, 7) is -0.0780. The Kier molecular flexibility index (Phi) is 4.24. The van der Waals surface area contributed by atoms with Crippen LogP contribution in [0, 0.1) is 5.82 Å². The molecule has 2 N–H and O–H groups in total. The van der Waals surface area contributed by atoms with Gasteiger partial charge in [0.15, 0.2) is 11.6 Å². The van der Waals surface area contributed by atoms with Crippen molar-refractivity contribution in [2.24, 2.45) is 0 Å². The van der Waals surface area contributed by atoms with Crippen LogP contribution in [0.2, 0.25) is 0 Å². The normalized spacial score (nSPS) is 12.3. The van der Waals surface area contributed by atoms with Gasteiger partial charge in [0, 0.05) is 16.7 Å². The third-order valence-electron chi connectivity index (χ3n) is 4.64. The van der Waals surface area contributed by atoms with Crippen molar-refractivity contribution >= 4 is 23.2 Å². The Morgan fingerprint density at radius 2 is 1.50 bits per heavy atom. The van der Waals surface area contributed by atoms with Crippen molar-refractivity contribution in [2.45, 2.75) is 6.61 Å². The summed E-state index contributed by atoms with van der Waals surface area (Å²) in [6, 6.07) is 14.8. The molecule has 0 unspecified atom stereocenters. The van der Waals surface area contributed by atoms with E-state index in [4.69, 9.17) is 10.5 Å². The smallest absolute Gasteiger partial charge is 0.340 e. The number of carbonyl (C=O) groups excluding carboxylic acids is 3. The molecule has 28 heavy (non-hydrogen) atoms. The third-order valence-corrected chi connectivity index (χ3v) is 4.64. The van der Waals surface area contributed by atoms with E-state index in [-0.39, 0.29) is 40.3 Å². The maximum atomic E-state index is 13.0. The number of fused-ring (bicyclic) bond motifs is 2. The minimum Gasteiger partial charge on any atom is -0.457 e. The van der Waals surface area contributed by atoms with Gasteiger partial charge in [-0.15, -0.1) is 0 Å². The van der Waals surface area contributed by atoms with Crippen LogP contribution in [-0.4, -0.2) is 17.5 Å². The van der Waals surface area contributed by atoms with Crippen LogP contribution in [0.4, 0.5) is 10.1 Å². The summed E-state index contributed by atoms with van der Waals surface area (Å²) in [5, 5.41) is 0. The largest absolute Gasteiger partial charge is 0.457 e.